The SMILES string of the molecule is O=C(OCC1CCCCC1)c1ccccc1C(=O)Oc1ccc(F)cc1Br. The average molecular weight is 435 g/mol. The van der Waals surface area contributed by atoms with Crippen LogP contribution in [0.1, 0.15) is 52.8 Å². The summed E-state index contributed by atoms with van der Waals surface area (Å²) in [6.07, 6.45) is 5.69. The maximum Gasteiger partial charge on any atom is 0.344 e. The van der Waals surface area contributed by atoms with E-state index >= 15 is 0 Å². The molecule has 2 aromatic carbocycles. The molecular weight excluding hydrogens is 415 g/mol. The largest absolute Gasteiger partial charge is 0.462 e. The summed E-state index contributed by atoms with van der Waals surface area (Å²) in [5.74, 6) is -1.13. The molecule has 1 fully saturated rings. The highest BCUT2D eigenvalue weighted by Gasteiger charge is 2.22. The van der Waals surface area contributed by atoms with Gasteiger partial charge in [0.15, 0.2) is 0 Å². The van der Waals surface area contributed by atoms with Gasteiger partial charge < -0.3 is 9.47 Å². The van der Waals surface area contributed by atoms with E-state index in [0.29, 0.717) is 17.0 Å². The van der Waals surface area contributed by atoms with Crippen molar-refractivity contribution in [2.24, 2.45) is 5.92 Å². The molecule has 0 unspecified atom stereocenters. The predicted molar refractivity (Wildman–Crippen MR) is 102 cm³/mol. The normalized spacial score (nSPS) is 14.6. The summed E-state index contributed by atoms with van der Waals surface area (Å²) in [6.45, 7) is 0.367. The van der Waals surface area contributed by atoms with E-state index < -0.39 is 17.8 Å². The first-order chi connectivity index (χ1) is 13.0. The molecule has 0 aliphatic heterocycles. The van der Waals surface area contributed by atoms with Gasteiger partial charge in [-0.05, 0) is 65.0 Å². The van der Waals surface area contributed by atoms with Gasteiger partial charge in [0, 0.05) is 0 Å². The molecule has 2 aromatic rings. The maximum atomic E-state index is 13.2. The van der Waals surface area contributed by atoms with Crippen molar-refractivity contribution in [2.45, 2.75) is 32.1 Å². The Morgan fingerprint density at radius 1 is 1.00 bits per heavy atom. The average Bonchev–Trinajstić information content (AvgIpc) is 2.69. The number of carbonyl (C=O) groups is 2. The number of rotatable bonds is 5. The second-order valence-corrected chi connectivity index (χ2v) is 7.47. The van der Waals surface area contributed by atoms with Crippen molar-refractivity contribution in [1.82, 2.24) is 0 Å². The van der Waals surface area contributed by atoms with E-state index in [0.717, 1.165) is 25.7 Å². The minimum Gasteiger partial charge on any atom is -0.462 e. The van der Waals surface area contributed by atoms with Gasteiger partial charge in [-0.15, -0.1) is 0 Å². The standard InChI is InChI=1S/C21H20BrFO4/c22-18-12-15(23)10-11-19(18)27-21(25)17-9-5-4-8-16(17)20(24)26-13-14-6-2-1-3-7-14/h4-5,8-12,14H,1-3,6-7,13H2. The van der Waals surface area contributed by atoms with Gasteiger partial charge in [-0.3, -0.25) is 0 Å². The lowest BCUT2D eigenvalue weighted by atomic mass is 9.90. The lowest BCUT2D eigenvalue weighted by Gasteiger charge is -2.21. The van der Waals surface area contributed by atoms with E-state index in [-0.39, 0.29) is 16.9 Å². The van der Waals surface area contributed by atoms with Gasteiger partial charge in [0.1, 0.15) is 11.6 Å². The van der Waals surface area contributed by atoms with Crippen molar-refractivity contribution in [1.29, 1.82) is 0 Å². The Morgan fingerprint density at radius 3 is 2.33 bits per heavy atom. The Labute approximate surface area is 165 Å². The van der Waals surface area contributed by atoms with Crippen LogP contribution in [-0.2, 0) is 4.74 Å². The molecule has 0 heterocycles. The Bertz CT molecular complexity index is 831. The smallest absolute Gasteiger partial charge is 0.344 e. The van der Waals surface area contributed by atoms with Crippen LogP contribution >= 0.6 is 15.9 Å². The lowest BCUT2D eigenvalue weighted by Crippen LogP contribution is -2.19. The van der Waals surface area contributed by atoms with Crippen LogP contribution in [0.3, 0.4) is 0 Å². The first-order valence-electron chi connectivity index (χ1n) is 8.98. The zero-order chi connectivity index (χ0) is 19.2. The van der Waals surface area contributed by atoms with E-state index in [2.05, 4.69) is 15.9 Å². The van der Waals surface area contributed by atoms with Gasteiger partial charge in [-0.2, -0.15) is 0 Å². The molecule has 142 valence electrons. The topological polar surface area (TPSA) is 52.6 Å². The number of hydrogen-bond acceptors (Lipinski definition) is 4. The molecule has 1 saturated carbocycles. The van der Waals surface area contributed by atoms with Crippen LogP contribution in [0.25, 0.3) is 0 Å². The fourth-order valence-electron chi connectivity index (χ4n) is 3.18. The molecule has 0 N–H and O–H groups in total. The first kappa shape index (κ1) is 19.5. The van der Waals surface area contributed by atoms with Crippen molar-refractivity contribution < 1.29 is 23.5 Å². The second kappa shape index (κ2) is 9.13. The van der Waals surface area contributed by atoms with Crippen LogP contribution in [-0.4, -0.2) is 18.5 Å². The molecular formula is C21H20BrFO4. The van der Waals surface area contributed by atoms with Crippen LogP contribution in [0.5, 0.6) is 5.75 Å². The van der Waals surface area contributed by atoms with E-state index in [9.17, 15) is 14.0 Å². The molecule has 6 heteroatoms. The van der Waals surface area contributed by atoms with Gasteiger partial charge in [-0.1, -0.05) is 31.4 Å². The van der Waals surface area contributed by atoms with E-state index in [1.54, 1.807) is 18.2 Å². The van der Waals surface area contributed by atoms with Crippen molar-refractivity contribution >= 4 is 27.9 Å². The fraction of sp³-hybridized carbons (Fsp3) is 0.333. The van der Waals surface area contributed by atoms with Crippen molar-refractivity contribution in [3.05, 3.63) is 63.9 Å². The summed E-state index contributed by atoms with van der Waals surface area (Å²) in [6, 6.07) is 10.1. The number of halogens is 2. The lowest BCUT2D eigenvalue weighted by molar-refractivity contribution is 0.0404. The van der Waals surface area contributed by atoms with Gasteiger partial charge in [0.2, 0.25) is 0 Å². The number of benzene rings is 2. The van der Waals surface area contributed by atoms with Crippen LogP contribution in [0.4, 0.5) is 4.39 Å². The molecule has 0 spiro atoms. The molecule has 0 radical (unpaired) electrons. The Balaban J connectivity index is 1.70. The number of ether oxygens (including phenoxy) is 2. The first-order valence-corrected chi connectivity index (χ1v) is 9.77. The minimum atomic E-state index is -0.701. The van der Waals surface area contributed by atoms with Crippen LogP contribution < -0.4 is 4.74 Å². The van der Waals surface area contributed by atoms with Crippen LogP contribution in [0.2, 0.25) is 0 Å². The van der Waals surface area contributed by atoms with Crippen LogP contribution in [0.15, 0.2) is 46.9 Å². The third-order valence-corrected chi connectivity index (χ3v) is 5.26. The molecule has 1 aliphatic carbocycles. The van der Waals surface area contributed by atoms with E-state index in [1.807, 2.05) is 0 Å². The maximum absolute atomic E-state index is 13.2. The molecule has 0 aromatic heterocycles. The fourth-order valence-corrected chi connectivity index (χ4v) is 3.61. The molecule has 27 heavy (non-hydrogen) atoms. The van der Waals surface area contributed by atoms with Gasteiger partial charge >= 0.3 is 11.9 Å². The van der Waals surface area contributed by atoms with Gasteiger partial charge in [0.05, 0.1) is 22.2 Å². The summed E-state index contributed by atoms with van der Waals surface area (Å²) in [5.41, 5.74) is 0.277. The quantitative estimate of drug-likeness (QED) is 0.457. The van der Waals surface area contributed by atoms with Crippen molar-refractivity contribution in [3.8, 4) is 5.75 Å². The van der Waals surface area contributed by atoms with Crippen molar-refractivity contribution in [2.75, 3.05) is 6.61 Å². The molecule has 0 saturated heterocycles. The van der Waals surface area contributed by atoms with E-state index in [4.69, 9.17) is 9.47 Å². The summed E-state index contributed by atoms with van der Waals surface area (Å²) >= 11 is 3.16. The molecule has 0 atom stereocenters. The monoisotopic (exact) mass is 434 g/mol. The predicted octanol–water partition coefficient (Wildman–Crippen LogP) is 5.54. The zero-order valence-electron chi connectivity index (χ0n) is 14.8. The Kier molecular flexibility index (Phi) is 6.61. The minimum absolute atomic E-state index is 0.113. The molecule has 1 aliphatic rings. The van der Waals surface area contributed by atoms with Crippen LogP contribution in [0, 0.1) is 11.7 Å². The number of esters is 2. The summed E-state index contributed by atoms with van der Waals surface area (Å²) in [7, 11) is 0. The summed E-state index contributed by atoms with van der Waals surface area (Å²) < 4.78 is 24.3. The van der Waals surface area contributed by atoms with Crippen molar-refractivity contribution in [3.63, 3.8) is 0 Å². The summed E-state index contributed by atoms with van der Waals surface area (Å²) in [5, 5.41) is 0. The Morgan fingerprint density at radius 2 is 1.67 bits per heavy atom. The highest BCUT2D eigenvalue weighted by Crippen LogP contribution is 2.27. The summed E-state index contributed by atoms with van der Waals surface area (Å²) in [4.78, 5) is 25.0. The third-order valence-electron chi connectivity index (χ3n) is 4.64. The highest BCUT2D eigenvalue weighted by atomic mass is 79.9. The molecule has 3 rings (SSSR count). The Hall–Kier alpha value is -2.21. The second-order valence-electron chi connectivity index (χ2n) is 6.61. The molecule has 4 nitrogen and oxygen atoms in total. The number of hydrogen-bond donors (Lipinski definition) is 0. The van der Waals surface area contributed by atoms with Gasteiger partial charge in [-0.25, -0.2) is 14.0 Å². The highest BCUT2D eigenvalue weighted by molar-refractivity contribution is 9.10. The number of carbonyl (C=O) groups excluding carboxylic acids is 2. The van der Waals surface area contributed by atoms with Gasteiger partial charge in [0.25, 0.3) is 0 Å². The zero-order valence-corrected chi connectivity index (χ0v) is 16.3. The molecule has 0 bridgehead atoms. The third kappa shape index (κ3) is 5.16. The van der Waals surface area contributed by atoms with E-state index in [1.165, 1.54) is 30.7 Å². The molecule has 0 amide bonds.